The van der Waals surface area contributed by atoms with Crippen LogP contribution in [0.2, 0.25) is 0 Å². The number of rotatable bonds is 5. The van der Waals surface area contributed by atoms with Gasteiger partial charge >= 0.3 is 5.69 Å². The number of nitriles is 1. The summed E-state index contributed by atoms with van der Waals surface area (Å²) in [6.07, 6.45) is 4.17. The molecule has 180 valence electrons. The third-order valence-corrected chi connectivity index (χ3v) is 6.86. The van der Waals surface area contributed by atoms with Crippen LogP contribution in [-0.4, -0.2) is 45.5 Å². The molecule has 3 heterocycles. The number of fused-ring (bicyclic) bond motifs is 3. The third kappa shape index (κ3) is 3.40. The van der Waals surface area contributed by atoms with E-state index in [9.17, 15) is 20.3 Å². The van der Waals surface area contributed by atoms with Crippen molar-refractivity contribution in [1.29, 1.82) is 5.26 Å². The molecule has 0 bridgehead atoms. The molecule has 2 aromatic carbocycles. The molecule has 0 saturated carbocycles. The first-order valence-electron chi connectivity index (χ1n) is 11.8. The Morgan fingerprint density at radius 3 is 2.72 bits per heavy atom. The number of nitrogens with zero attached hydrogens (tertiary/aromatic N) is 7. The number of imidazole rings is 2. The van der Waals surface area contributed by atoms with Gasteiger partial charge in [-0.15, -0.1) is 0 Å². The Morgan fingerprint density at radius 1 is 1.08 bits per heavy atom. The predicted molar refractivity (Wildman–Crippen MR) is 132 cm³/mol. The maximum Gasteiger partial charge on any atom is 0.330 e. The zero-order chi connectivity index (χ0) is 24.8. The predicted octanol–water partition coefficient (Wildman–Crippen LogP) is 2.60. The molecule has 1 aliphatic carbocycles. The molecule has 1 aliphatic rings. The highest BCUT2D eigenvalue weighted by Gasteiger charge is 2.31. The van der Waals surface area contributed by atoms with Crippen LogP contribution < -0.4 is 5.69 Å². The molecule has 2 atom stereocenters. The summed E-state index contributed by atoms with van der Waals surface area (Å²) in [6.45, 7) is 0.289. The van der Waals surface area contributed by atoms with Gasteiger partial charge in [0.25, 0.3) is 0 Å². The Morgan fingerprint density at radius 2 is 1.92 bits per heavy atom. The number of aliphatic hydroxyl groups is 2. The lowest BCUT2D eigenvalue weighted by Gasteiger charge is -2.29. The minimum atomic E-state index is -0.576. The number of aliphatic hydroxyl groups excluding tert-OH is 2. The second-order valence-corrected chi connectivity index (χ2v) is 8.93. The molecule has 6 rings (SSSR count). The molecule has 0 fully saturated rings. The maximum absolute atomic E-state index is 13.7. The van der Waals surface area contributed by atoms with Gasteiger partial charge in [-0.1, -0.05) is 24.3 Å². The molecule has 3 aromatic heterocycles. The number of aryl methyl sites for hydroxylation is 1. The largest absolute Gasteiger partial charge is 0.396 e. The van der Waals surface area contributed by atoms with Gasteiger partial charge in [0.2, 0.25) is 5.95 Å². The average Bonchev–Trinajstić information content (AvgIpc) is 3.45. The number of hydrogen-bond acceptors (Lipinski definition) is 7. The van der Waals surface area contributed by atoms with Gasteiger partial charge in [-0.3, -0.25) is 13.7 Å². The quantitative estimate of drug-likeness (QED) is 0.394. The van der Waals surface area contributed by atoms with Crippen LogP contribution in [0.5, 0.6) is 0 Å². The highest BCUT2D eigenvalue weighted by molar-refractivity contribution is 5.79. The molecule has 2 N–H and O–H groups in total. The third-order valence-electron chi connectivity index (χ3n) is 6.86. The fourth-order valence-electron chi connectivity index (χ4n) is 5.14. The van der Waals surface area contributed by atoms with Gasteiger partial charge in [0.05, 0.1) is 41.0 Å². The van der Waals surface area contributed by atoms with Crippen LogP contribution in [0.15, 0.2) is 59.8 Å². The van der Waals surface area contributed by atoms with Crippen LogP contribution >= 0.6 is 0 Å². The molecule has 1 unspecified atom stereocenters. The molecule has 0 aliphatic heterocycles. The monoisotopic (exact) mass is 481 g/mol. The highest BCUT2D eigenvalue weighted by Crippen LogP contribution is 2.38. The minimum absolute atomic E-state index is 0.0429. The second-order valence-electron chi connectivity index (χ2n) is 8.93. The van der Waals surface area contributed by atoms with Crippen molar-refractivity contribution in [2.75, 3.05) is 6.61 Å². The van der Waals surface area contributed by atoms with Gasteiger partial charge in [0, 0.05) is 13.2 Å². The summed E-state index contributed by atoms with van der Waals surface area (Å²) in [5.74, 6) is 0.331. The highest BCUT2D eigenvalue weighted by atomic mass is 16.3. The fraction of sp³-hybridized carbons (Fsp3) is 0.269. The van der Waals surface area contributed by atoms with Gasteiger partial charge in [-0.25, -0.2) is 14.8 Å². The van der Waals surface area contributed by atoms with Crippen molar-refractivity contribution in [3.8, 4) is 12.0 Å². The van der Waals surface area contributed by atoms with E-state index in [-0.39, 0.29) is 18.3 Å². The SMILES string of the molecule is N#Cc1ccc2ncn(-c3ncc4c(n3)n(C3CC[C@@H](O)c5ccccc53)c(=O)n4CCCO)c2c1. The normalized spacial score (nSPS) is 17.4. The van der Waals surface area contributed by atoms with Crippen molar-refractivity contribution >= 4 is 22.2 Å². The van der Waals surface area contributed by atoms with E-state index >= 15 is 0 Å². The topological polar surface area (TPSA) is 135 Å². The zero-order valence-electron chi connectivity index (χ0n) is 19.3. The Hall–Kier alpha value is -4.33. The van der Waals surface area contributed by atoms with Gasteiger partial charge in [-0.05, 0) is 48.6 Å². The van der Waals surface area contributed by atoms with E-state index in [0.717, 1.165) is 11.1 Å². The fourth-order valence-corrected chi connectivity index (χ4v) is 5.14. The Labute approximate surface area is 205 Å². The molecule has 10 heteroatoms. The lowest BCUT2D eigenvalue weighted by atomic mass is 9.85. The van der Waals surface area contributed by atoms with Crippen LogP contribution in [0.4, 0.5) is 0 Å². The molecule has 5 aromatic rings. The first-order valence-corrected chi connectivity index (χ1v) is 11.8. The van der Waals surface area contributed by atoms with Crippen molar-refractivity contribution in [2.45, 2.75) is 38.0 Å². The van der Waals surface area contributed by atoms with Gasteiger partial charge in [0.15, 0.2) is 5.65 Å². The summed E-state index contributed by atoms with van der Waals surface area (Å²) in [4.78, 5) is 27.5. The molecule has 0 amide bonds. The van der Waals surface area contributed by atoms with Gasteiger partial charge in [-0.2, -0.15) is 10.2 Å². The molecular formula is C26H23N7O3. The minimum Gasteiger partial charge on any atom is -0.396 e. The standard InChI is InChI=1S/C26H23N7O3/c27-13-16-6-7-19-21(12-16)32(15-29-19)25-28-14-22-24(30-25)33(26(36)31(22)10-3-11-34)20-8-9-23(35)18-5-2-1-4-17(18)20/h1-2,4-7,12,14-15,20,23,34-35H,3,8-11H2/t20?,23-/m1/s1. The van der Waals surface area contributed by atoms with Crippen molar-refractivity contribution in [2.24, 2.45) is 0 Å². The average molecular weight is 482 g/mol. The Kier molecular flexibility index (Phi) is 5.36. The Balaban J connectivity index is 1.59. The lowest BCUT2D eigenvalue weighted by molar-refractivity contribution is 0.147. The van der Waals surface area contributed by atoms with Crippen molar-refractivity contribution in [3.05, 3.63) is 82.2 Å². The van der Waals surface area contributed by atoms with E-state index in [1.54, 1.807) is 44.4 Å². The van der Waals surface area contributed by atoms with Crippen molar-refractivity contribution < 1.29 is 10.2 Å². The summed E-state index contributed by atoms with van der Waals surface area (Å²) in [5.41, 5.74) is 4.40. The zero-order valence-corrected chi connectivity index (χ0v) is 19.3. The van der Waals surface area contributed by atoms with Crippen LogP contribution in [-0.2, 0) is 6.54 Å². The van der Waals surface area contributed by atoms with E-state index in [0.29, 0.717) is 59.5 Å². The smallest absolute Gasteiger partial charge is 0.330 e. The molecule has 0 radical (unpaired) electrons. The van der Waals surface area contributed by atoms with E-state index in [1.165, 1.54) is 0 Å². The van der Waals surface area contributed by atoms with Crippen LogP contribution in [0, 0.1) is 11.3 Å². The number of benzene rings is 2. The molecule has 10 nitrogen and oxygen atoms in total. The van der Waals surface area contributed by atoms with E-state index in [4.69, 9.17) is 4.98 Å². The summed E-state index contributed by atoms with van der Waals surface area (Å²) in [5, 5.41) is 29.3. The summed E-state index contributed by atoms with van der Waals surface area (Å²) < 4.78 is 4.99. The molecule has 0 saturated heterocycles. The first kappa shape index (κ1) is 22.2. The van der Waals surface area contributed by atoms with Crippen LogP contribution in [0.1, 0.15) is 48.1 Å². The van der Waals surface area contributed by atoms with E-state index < -0.39 is 6.10 Å². The second kappa shape index (κ2) is 8.71. The summed E-state index contributed by atoms with van der Waals surface area (Å²) >= 11 is 0. The van der Waals surface area contributed by atoms with Crippen LogP contribution in [0.3, 0.4) is 0 Å². The number of aromatic nitrogens is 6. The van der Waals surface area contributed by atoms with E-state index in [1.807, 2.05) is 24.3 Å². The Bertz CT molecular complexity index is 1710. The van der Waals surface area contributed by atoms with E-state index in [2.05, 4.69) is 16.0 Å². The van der Waals surface area contributed by atoms with Crippen molar-refractivity contribution in [1.82, 2.24) is 28.7 Å². The van der Waals surface area contributed by atoms with Gasteiger partial charge in [0.1, 0.15) is 11.8 Å². The maximum atomic E-state index is 13.7. The van der Waals surface area contributed by atoms with Crippen LogP contribution in [0.25, 0.3) is 28.1 Å². The lowest BCUT2D eigenvalue weighted by Crippen LogP contribution is -2.31. The molecular weight excluding hydrogens is 458 g/mol. The molecule has 0 spiro atoms. The summed E-state index contributed by atoms with van der Waals surface area (Å²) in [7, 11) is 0. The molecule has 36 heavy (non-hydrogen) atoms. The number of hydrogen-bond donors (Lipinski definition) is 2. The first-order chi connectivity index (χ1) is 17.6. The van der Waals surface area contributed by atoms with Crippen molar-refractivity contribution in [3.63, 3.8) is 0 Å². The summed E-state index contributed by atoms with van der Waals surface area (Å²) in [6, 6.07) is 14.7. The van der Waals surface area contributed by atoms with Gasteiger partial charge < -0.3 is 10.2 Å².